The fourth-order valence-electron chi connectivity index (χ4n) is 3.25. The average Bonchev–Trinajstić information content (AvgIpc) is 3.44. The van der Waals surface area contributed by atoms with E-state index in [2.05, 4.69) is 20.6 Å². The molecule has 1 atom stereocenters. The van der Waals surface area contributed by atoms with Crippen molar-refractivity contribution in [1.82, 2.24) is 20.6 Å². The number of para-hydroxylation sites is 2. The molecule has 2 amide bonds. The highest BCUT2D eigenvalue weighted by atomic mass is 16.3. The molecule has 2 aromatic heterocycles. The van der Waals surface area contributed by atoms with Gasteiger partial charge in [-0.1, -0.05) is 42.5 Å². The summed E-state index contributed by atoms with van der Waals surface area (Å²) in [6.45, 7) is 0.212. The maximum Gasteiger partial charge on any atom is 0.286 e. The molecule has 152 valence electrons. The fraction of sp³-hybridized carbons (Fsp3) is 0.174. The molecule has 0 spiro atoms. The van der Waals surface area contributed by atoms with Crippen LogP contribution in [0.4, 0.5) is 0 Å². The minimum atomic E-state index is -0.342. The van der Waals surface area contributed by atoms with Gasteiger partial charge in [-0.2, -0.15) is 0 Å². The number of hydrogen-bond acceptors (Lipinski definition) is 4. The molecule has 4 aromatic rings. The lowest BCUT2D eigenvalue weighted by molar-refractivity contribution is -0.121. The minimum Gasteiger partial charge on any atom is -0.459 e. The first-order valence-electron chi connectivity index (χ1n) is 9.78. The number of imidazole rings is 1. The van der Waals surface area contributed by atoms with Crippen LogP contribution in [0.3, 0.4) is 0 Å². The largest absolute Gasteiger partial charge is 0.459 e. The Morgan fingerprint density at radius 3 is 2.57 bits per heavy atom. The summed E-state index contributed by atoms with van der Waals surface area (Å²) in [6, 6.07) is 20.6. The zero-order valence-corrected chi connectivity index (χ0v) is 16.3. The molecule has 7 nitrogen and oxygen atoms in total. The molecule has 3 N–H and O–H groups in total. The van der Waals surface area contributed by atoms with Gasteiger partial charge in [0.1, 0.15) is 5.82 Å². The lowest BCUT2D eigenvalue weighted by Gasteiger charge is -2.17. The topological polar surface area (TPSA) is 100 Å². The van der Waals surface area contributed by atoms with Crippen molar-refractivity contribution in [2.24, 2.45) is 0 Å². The van der Waals surface area contributed by atoms with Crippen LogP contribution in [0.25, 0.3) is 11.0 Å². The van der Waals surface area contributed by atoms with Gasteiger partial charge in [-0.05, 0) is 36.2 Å². The van der Waals surface area contributed by atoms with E-state index in [-0.39, 0.29) is 36.6 Å². The quantitative estimate of drug-likeness (QED) is 0.421. The van der Waals surface area contributed by atoms with E-state index in [0.717, 1.165) is 16.6 Å². The van der Waals surface area contributed by atoms with E-state index >= 15 is 0 Å². The first kappa shape index (κ1) is 19.4. The highest BCUT2D eigenvalue weighted by Gasteiger charge is 2.19. The van der Waals surface area contributed by atoms with Crippen molar-refractivity contribution in [2.75, 3.05) is 6.54 Å². The van der Waals surface area contributed by atoms with Crippen LogP contribution in [0.1, 0.15) is 34.4 Å². The van der Waals surface area contributed by atoms with Gasteiger partial charge in [0.05, 0.1) is 23.3 Å². The molecule has 0 saturated heterocycles. The number of furan rings is 1. The van der Waals surface area contributed by atoms with Crippen LogP contribution in [-0.4, -0.2) is 28.3 Å². The maximum absolute atomic E-state index is 12.6. The number of nitrogens with one attached hydrogen (secondary N) is 3. The summed E-state index contributed by atoms with van der Waals surface area (Å²) in [5.41, 5.74) is 2.87. The number of fused-ring (bicyclic) bond motifs is 1. The van der Waals surface area contributed by atoms with Gasteiger partial charge in [-0.25, -0.2) is 4.98 Å². The Labute approximate surface area is 173 Å². The number of nitrogens with zero attached hydrogens (tertiary/aromatic N) is 1. The Morgan fingerprint density at radius 2 is 1.80 bits per heavy atom. The molecule has 0 radical (unpaired) electrons. The standard InChI is InChI=1S/C23H22N4O3/c28-21(12-13-24-23(29)20-11-6-14-30-20)25-19(15-16-7-2-1-3-8-16)22-26-17-9-4-5-10-18(17)27-22/h1-11,14,19H,12-13,15H2,(H,24,29)(H,25,28)(H,26,27). The zero-order chi connectivity index (χ0) is 20.8. The van der Waals surface area contributed by atoms with Crippen molar-refractivity contribution < 1.29 is 14.0 Å². The highest BCUT2D eigenvalue weighted by molar-refractivity contribution is 5.91. The molecule has 0 aliphatic heterocycles. The van der Waals surface area contributed by atoms with Crippen molar-refractivity contribution in [3.8, 4) is 0 Å². The molecule has 7 heteroatoms. The summed E-state index contributed by atoms with van der Waals surface area (Å²) >= 11 is 0. The number of benzene rings is 2. The molecule has 2 aromatic carbocycles. The van der Waals surface area contributed by atoms with Crippen LogP contribution in [-0.2, 0) is 11.2 Å². The Balaban J connectivity index is 1.42. The van der Waals surface area contributed by atoms with Crippen LogP contribution in [0.15, 0.2) is 77.4 Å². The van der Waals surface area contributed by atoms with Gasteiger partial charge in [0.15, 0.2) is 5.76 Å². The molecule has 0 fully saturated rings. The van der Waals surface area contributed by atoms with Gasteiger partial charge in [0.2, 0.25) is 5.91 Å². The minimum absolute atomic E-state index is 0.151. The zero-order valence-electron chi connectivity index (χ0n) is 16.3. The lowest BCUT2D eigenvalue weighted by atomic mass is 10.1. The first-order chi connectivity index (χ1) is 14.7. The fourth-order valence-corrected chi connectivity index (χ4v) is 3.25. The Hall–Kier alpha value is -3.87. The predicted molar refractivity (Wildman–Crippen MR) is 113 cm³/mol. The van der Waals surface area contributed by atoms with Gasteiger partial charge in [0.25, 0.3) is 5.91 Å². The SMILES string of the molecule is O=C(CCNC(=O)c1ccco1)NC(Cc1ccccc1)c1nc2ccccc2[nH]1. The van der Waals surface area contributed by atoms with E-state index in [9.17, 15) is 9.59 Å². The molecule has 0 aliphatic carbocycles. The number of carbonyl (C=O) groups excluding carboxylic acids is 2. The number of amides is 2. The summed E-state index contributed by atoms with van der Waals surface area (Å²) in [5.74, 6) is 0.412. The Kier molecular flexibility index (Phi) is 5.89. The molecule has 0 saturated carbocycles. The van der Waals surface area contributed by atoms with Crippen molar-refractivity contribution in [3.05, 3.63) is 90.1 Å². The number of aromatic nitrogens is 2. The van der Waals surface area contributed by atoms with E-state index in [4.69, 9.17) is 4.42 Å². The summed E-state index contributed by atoms with van der Waals surface area (Å²) in [4.78, 5) is 32.5. The number of carbonyl (C=O) groups is 2. The second-order valence-electron chi connectivity index (χ2n) is 6.93. The van der Waals surface area contributed by atoms with Crippen LogP contribution in [0, 0.1) is 0 Å². The van der Waals surface area contributed by atoms with E-state index in [1.54, 1.807) is 12.1 Å². The number of H-pyrrole nitrogens is 1. The molecule has 2 heterocycles. The normalized spacial score (nSPS) is 11.9. The van der Waals surface area contributed by atoms with E-state index in [1.807, 2.05) is 54.6 Å². The Morgan fingerprint density at radius 1 is 1.00 bits per heavy atom. The number of aromatic amines is 1. The molecular weight excluding hydrogens is 380 g/mol. The van der Waals surface area contributed by atoms with Gasteiger partial charge in [-0.3, -0.25) is 9.59 Å². The third kappa shape index (κ3) is 4.75. The first-order valence-corrected chi connectivity index (χ1v) is 9.78. The van der Waals surface area contributed by atoms with E-state index in [1.165, 1.54) is 6.26 Å². The van der Waals surface area contributed by atoms with Crippen molar-refractivity contribution in [1.29, 1.82) is 0 Å². The smallest absolute Gasteiger partial charge is 0.286 e. The molecule has 0 bridgehead atoms. The molecule has 1 unspecified atom stereocenters. The van der Waals surface area contributed by atoms with E-state index < -0.39 is 0 Å². The van der Waals surface area contributed by atoms with Crippen LogP contribution >= 0.6 is 0 Å². The third-order valence-corrected chi connectivity index (χ3v) is 4.74. The summed E-state index contributed by atoms with van der Waals surface area (Å²) in [6.07, 6.45) is 2.19. The van der Waals surface area contributed by atoms with Gasteiger partial charge >= 0.3 is 0 Å². The van der Waals surface area contributed by atoms with Crippen LogP contribution in [0.5, 0.6) is 0 Å². The molecule has 4 rings (SSSR count). The van der Waals surface area contributed by atoms with Crippen LogP contribution < -0.4 is 10.6 Å². The van der Waals surface area contributed by atoms with Crippen molar-refractivity contribution in [3.63, 3.8) is 0 Å². The van der Waals surface area contributed by atoms with Crippen molar-refractivity contribution in [2.45, 2.75) is 18.9 Å². The second-order valence-corrected chi connectivity index (χ2v) is 6.93. The summed E-state index contributed by atoms with van der Waals surface area (Å²) in [5, 5.41) is 5.73. The molecule has 0 aliphatic rings. The maximum atomic E-state index is 12.6. The van der Waals surface area contributed by atoms with Crippen LogP contribution in [0.2, 0.25) is 0 Å². The second kappa shape index (κ2) is 9.09. The monoisotopic (exact) mass is 402 g/mol. The third-order valence-electron chi connectivity index (χ3n) is 4.74. The summed E-state index contributed by atoms with van der Waals surface area (Å²) < 4.78 is 5.05. The van der Waals surface area contributed by atoms with Gasteiger partial charge in [-0.15, -0.1) is 0 Å². The number of hydrogen-bond donors (Lipinski definition) is 3. The van der Waals surface area contributed by atoms with Crippen molar-refractivity contribution >= 4 is 22.8 Å². The van der Waals surface area contributed by atoms with E-state index in [0.29, 0.717) is 12.2 Å². The average molecular weight is 402 g/mol. The molecule has 30 heavy (non-hydrogen) atoms. The van der Waals surface area contributed by atoms with Gasteiger partial charge < -0.3 is 20.0 Å². The Bertz CT molecular complexity index is 1090. The highest BCUT2D eigenvalue weighted by Crippen LogP contribution is 2.20. The summed E-state index contributed by atoms with van der Waals surface area (Å²) in [7, 11) is 0. The molecular formula is C23H22N4O3. The number of rotatable bonds is 8. The van der Waals surface area contributed by atoms with Gasteiger partial charge in [0, 0.05) is 13.0 Å². The predicted octanol–water partition coefficient (Wildman–Crippen LogP) is 3.38. The lowest BCUT2D eigenvalue weighted by Crippen LogP contribution is -2.34.